The van der Waals surface area contributed by atoms with Crippen LogP contribution in [0, 0.1) is 2.69 Å². The Morgan fingerprint density at radius 1 is 1.12 bits per heavy atom. The van der Waals surface area contributed by atoms with Crippen molar-refractivity contribution in [1.29, 1.82) is 0 Å². The topological polar surface area (TPSA) is 0 Å². The molecule has 0 nitrogen and oxygen atoms in total. The fourth-order valence-electron chi connectivity index (χ4n) is 0.266. The first kappa shape index (κ1) is 7.38. The van der Waals surface area contributed by atoms with Gasteiger partial charge in [0.05, 0.1) is 0 Å². The normalized spacial score (nSPS) is 9.75. The van der Waals surface area contributed by atoms with Crippen LogP contribution in [0.3, 0.4) is 0 Å². The molecule has 0 spiro atoms. The molecule has 44 valence electrons. The summed E-state index contributed by atoms with van der Waals surface area (Å²) >= 11 is 14.4. The summed E-state index contributed by atoms with van der Waals surface area (Å²) in [6.45, 7) is 0. The molecular formula is C3H2S4Se. The van der Waals surface area contributed by atoms with Gasteiger partial charge in [-0.1, -0.05) is 0 Å². The molecule has 0 aromatic carbocycles. The van der Waals surface area contributed by atoms with Crippen LogP contribution in [-0.4, -0.2) is 15.6 Å². The third kappa shape index (κ3) is 1.62. The minimum absolute atomic E-state index is 0.993. The van der Waals surface area contributed by atoms with Crippen LogP contribution in [-0.2, 0) is 0 Å². The van der Waals surface area contributed by atoms with Gasteiger partial charge < -0.3 is 0 Å². The van der Waals surface area contributed by atoms with E-state index in [0.29, 0.717) is 0 Å². The van der Waals surface area contributed by atoms with Crippen molar-refractivity contribution in [3.8, 4) is 0 Å². The minimum atomic E-state index is 0.993. The van der Waals surface area contributed by atoms with Crippen LogP contribution in [0.25, 0.3) is 0 Å². The van der Waals surface area contributed by atoms with Crippen LogP contribution in [0.15, 0.2) is 8.42 Å². The Labute approximate surface area is 74.1 Å². The Balaban J connectivity index is 3.35. The molecule has 0 N–H and O–H groups in total. The number of hydrogen-bond donors (Lipinski definition) is 2. The average Bonchev–Trinajstić information content (AvgIpc) is 1.85. The Morgan fingerprint density at radius 2 is 1.50 bits per heavy atom. The molecule has 0 saturated heterocycles. The van der Waals surface area contributed by atoms with E-state index in [9.17, 15) is 0 Å². The zero-order chi connectivity index (χ0) is 6.15. The molecule has 0 amide bonds. The molecule has 0 radical (unpaired) electrons. The standard InChI is InChI=1S/C3H2S4Se/c4-1-2(5)7-3(8)6-1/h4-5H. The van der Waals surface area contributed by atoms with Crippen molar-refractivity contribution in [3.05, 3.63) is 2.69 Å². The van der Waals surface area contributed by atoms with Crippen molar-refractivity contribution in [2.24, 2.45) is 0 Å². The van der Waals surface area contributed by atoms with Gasteiger partial charge in [-0.15, -0.1) is 0 Å². The average molecular weight is 245 g/mol. The van der Waals surface area contributed by atoms with Gasteiger partial charge in [-0.2, -0.15) is 0 Å². The Morgan fingerprint density at radius 3 is 1.62 bits per heavy atom. The molecule has 1 heterocycles. The summed E-state index contributed by atoms with van der Waals surface area (Å²) in [6.07, 6.45) is 0. The molecule has 0 saturated carbocycles. The molecule has 0 fully saturated rings. The third-order valence-corrected chi connectivity index (χ3v) is 4.82. The van der Waals surface area contributed by atoms with Crippen molar-refractivity contribution in [1.82, 2.24) is 0 Å². The monoisotopic (exact) mass is 246 g/mol. The van der Waals surface area contributed by atoms with Gasteiger partial charge in [-0.05, 0) is 0 Å². The van der Waals surface area contributed by atoms with Gasteiger partial charge in [0.2, 0.25) is 0 Å². The molecule has 0 aliphatic heterocycles. The van der Waals surface area contributed by atoms with Crippen molar-refractivity contribution < 1.29 is 0 Å². The molecular weight excluding hydrogens is 243 g/mol. The summed E-state index contributed by atoms with van der Waals surface area (Å²) in [6, 6.07) is 0. The Bertz CT molecular complexity index is 211. The molecule has 1 aromatic heterocycles. The van der Waals surface area contributed by atoms with Crippen LogP contribution in [0.2, 0.25) is 0 Å². The summed E-state index contributed by atoms with van der Waals surface area (Å²) in [5, 5.41) is 0. The first-order chi connectivity index (χ1) is 3.70. The summed E-state index contributed by atoms with van der Waals surface area (Å²) in [5.41, 5.74) is 0. The predicted molar refractivity (Wildman–Crippen MR) is 45.7 cm³/mol. The van der Waals surface area contributed by atoms with Gasteiger partial charge >= 0.3 is 74.6 Å². The van der Waals surface area contributed by atoms with E-state index in [0.717, 1.165) is 8.42 Å². The second-order valence-corrected chi connectivity index (χ2v) is 6.89. The van der Waals surface area contributed by atoms with E-state index in [1.54, 1.807) is 22.7 Å². The van der Waals surface area contributed by atoms with E-state index in [1.165, 1.54) is 2.69 Å². The van der Waals surface area contributed by atoms with E-state index >= 15 is 0 Å². The molecule has 0 aliphatic rings. The molecule has 1 rings (SSSR count). The van der Waals surface area contributed by atoms with E-state index in [2.05, 4.69) is 40.8 Å². The van der Waals surface area contributed by atoms with Gasteiger partial charge in [-0.3, -0.25) is 0 Å². The van der Waals surface area contributed by atoms with Gasteiger partial charge in [-0.25, -0.2) is 0 Å². The van der Waals surface area contributed by atoms with Crippen molar-refractivity contribution in [3.63, 3.8) is 0 Å². The maximum absolute atomic E-state index is 4.15. The molecule has 0 atom stereocenters. The molecule has 0 bridgehead atoms. The zero-order valence-corrected chi connectivity index (χ0v) is 8.75. The summed E-state index contributed by atoms with van der Waals surface area (Å²) < 4.78 is 3.17. The first-order valence-corrected chi connectivity index (χ1v) is 5.10. The third-order valence-electron chi connectivity index (χ3n) is 0.543. The van der Waals surface area contributed by atoms with Crippen LogP contribution < -0.4 is 0 Å². The predicted octanol–water partition coefficient (Wildman–Crippen LogP) is 2.09. The SMILES string of the molecule is Sc1sc(=[Se])sc1S. The molecule has 1 aromatic rings. The van der Waals surface area contributed by atoms with Gasteiger partial charge in [0.15, 0.2) is 0 Å². The summed E-state index contributed by atoms with van der Waals surface area (Å²) in [4.78, 5) is 0. The first-order valence-electron chi connectivity index (χ1n) is 1.72. The number of thiol groups is 2. The van der Waals surface area contributed by atoms with Gasteiger partial charge in [0.1, 0.15) is 0 Å². The zero-order valence-electron chi connectivity index (χ0n) is 3.62. The Kier molecular flexibility index (Phi) is 2.68. The summed E-state index contributed by atoms with van der Waals surface area (Å²) in [7, 11) is 0. The molecule has 8 heavy (non-hydrogen) atoms. The van der Waals surface area contributed by atoms with Crippen molar-refractivity contribution >= 4 is 63.5 Å². The van der Waals surface area contributed by atoms with Crippen molar-refractivity contribution in [2.75, 3.05) is 0 Å². The van der Waals surface area contributed by atoms with Crippen LogP contribution >= 0.6 is 47.9 Å². The van der Waals surface area contributed by atoms with E-state index in [1.807, 2.05) is 0 Å². The van der Waals surface area contributed by atoms with E-state index in [-0.39, 0.29) is 0 Å². The van der Waals surface area contributed by atoms with E-state index in [4.69, 9.17) is 0 Å². The second kappa shape index (κ2) is 2.90. The van der Waals surface area contributed by atoms with Gasteiger partial charge in [0.25, 0.3) is 0 Å². The molecule has 0 unspecified atom stereocenters. The number of hydrogen-bond acceptors (Lipinski definition) is 4. The van der Waals surface area contributed by atoms with Gasteiger partial charge in [0, 0.05) is 0 Å². The summed E-state index contributed by atoms with van der Waals surface area (Å²) in [5.74, 6) is 0. The fourth-order valence-corrected chi connectivity index (χ4v) is 4.75. The Hall–Kier alpha value is 1.27. The quantitative estimate of drug-likeness (QED) is 0.507. The van der Waals surface area contributed by atoms with Crippen LogP contribution in [0.5, 0.6) is 0 Å². The van der Waals surface area contributed by atoms with E-state index < -0.39 is 0 Å². The van der Waals surface area contributed by atoms with Crippen LogP contribution in [0.1, 0.15) is 0 Å². The van der Waals surface area contributed by atoms with Crippen molar-refractivity contribution in [2.45, 2.75) is 8.42 Å². The number of rotatable bonds is 0. The fraction of sp³-hybridized carbons (Fsp3) is 0. The maximum atomic E-state index is 4.15. The second-order valence-electron chi connectivity index (χ2n) is 1.06. The van der Waals surface area contributed by atoms with Crippen LogP contribution in [0.4, 0.5) is 0 Å². The molecule has 0 aliphatic carbocycles. The molecule has 5 heteroatoms.